The van der Waals surface area contributed by atoms with Crippen LogP contribution >= 0.6 is 11.3 Å². The Labute approximate surface area is 490 Å². The number of carbonyl (C=O) groups excluding carboxylic acids is 4. The van der Waals surface area contributed by atoms with Gasteiger partial charge in [-0.05, 0) is 106 Å². The van der Waals surface area contributed by atoms with Crippen molar-refractivity contribution in [2.45, 2.75) is 95.6 Å². The minimum atomic E-state index is -4.49. The van der Waals surface area contributed by atoms with Gasteiger partial charge in [-0.2, -0.15) is 18.3 Å². The number of halogens is 3. The Morgan fingerprint density at radius 1 is 0.798 bits per heavy atom. The lowest BCUT2D eigenvalue weighted by atomic mass is 9.83. The highest BCUT2D eigenvalue weighted by atomic mass is 32.1. The first-order chi connectivity index (χ1) is 40.7. The molecule has 3 aliphatic rings. The molecule has 0 radical (unpaired) electrons. The maximum atomic E-state index is 14.2. The number of nitrogen functional groups attached to an aromatic ring is 1. The number of ether oxygens (including phenoxy) is 6. The molecule has 19 nitrogen and oxygen atoms in total. The number of hydrogen-bond acceptors (Lipinski definition) is 16. The standard InChI is InChI=1S/C61H72F3N9O10S/c1-40(66-2)58(76)70-55(42-10-4-3-5-11-42)60(77)73-19-8-15-52(73)59-69-50(39-84-59)56(75)44-12-7-14-48(34-44)82-30-29-81-28-27-80-26-25-79-24-23-78-22-21-71-38-46(37-68-71)45-35-53(57(65)67-36-45)83-49-16-17-51-43(33-49)18-20-72(51)54(74)32-41-9-6-13-47(31-41)61(62,63)64/h6-7,9,12-14,16-17,31,33-40,42,52,55,66H,3-5,8,10-11,15,18-30,32H2,1-2H3,(H2,65,67)(H,70,76)/t40-,52-,55-/m0/s1. The van der Waals surface area contributed by atoms with Crippen molar-refractivity contribution in [3.05, 3.63) is 130 Å². The summed E-state index contributed by atoms with van der Waals surface area (Å²) in [5, 5.41) is 13.0. The number of carbonyl (C=O) groups is 4. The highest BCUT2D eigenvalue weighted by Crippen LogP contribution is 2.39. The zero-order chi connectivity index (χ0) is 59.0. The Bertz CT molecular complexity index is 3190. The van der Waals surface area contributed by atoms with Crippen molar-refractivity contribution in [1.29, 1.82) is 0 Å². The number of ketones is 1. The number of benzene rings is 3. The number of amides is 3. The van der Waals surface area contributed by atoms with Gasteiger partial charge in [0.1, 0.15) is 34.8 Å². The highest BCUT2D eigenvalue weighted by Gasteiger charge is 2.40. The minimum absolute atomic E-state index is 0.0701. The predicted molar refractivity (Wildman–Crippen MR) is 309 cm³/mol. The molecule has 2 fully saturated rings. The molecular formula is C61H72F3N9O10S. The van der Waals surface area contributed by atoms with E-state index in [0.717, 1.165) is 78.8 Å². The molecule has 0 bridgehead atoms. The first-order valence-corrected chi connectivity index (χ1v) is 29.5. The monoisotopic (exact) mass is 1180 g/mol. The van der Waals surface area contributed by atoms with Crippen LogP contribution in [0, 0.1) is 5.92 Å². The molecule has 3 amide bonds. The third-order valence-corrected chi connectivity index (χ3v) is 16.1. The summed E-state index contributed by atoms with van der Waals surface area (Å²) in [6.45, 7) is 6.60. The average Bonchev–Trinajstić information content (AvgIpc) is 3.71. The molecule has 6 aromatic rings. The number of hydrogen-bond donors (Lipinski definition) is 3. The number of alkyl halides is 3. The third kappa shape index (κ3) is 16.3. The van der Waals surface area contributed by atoms with Gasteiger partial charge in [0.05, 0.1) is 89.7 Å². The van der Waals surface area contributed by atoms with Crippen LogP contribution in [-0.4, -0.2) is 140 Å². The number of fused-ring (bicyclic) bond motifs is 1. The molecule has 1 aliphatic carbocycles. The van der Waals surface area contributed by atoms with Crippen LogP contribution < -0.4 is 30.7 Å². The maximum absolute atomic E-state index is 14.2. The number of nitrogens with zero attached hydrogens (tertiary/aromatic N) is 6. The number of anilines is 2. The number of rotatable bonds is 29. The van der Waals surface area contributed by atoms with Gasteiger partial charge in [0.25, 0.3) is 0 Å². The van der Waals surface area contributed by atoms with E-state index in [1.165, 1.54) is 23.5 Å². The maximum Gasteiger partial charge on any atom is 0.416 e. The van der Waals surface area contributed by atoms with Gasteiger partial charge in [0.2, 0.25) is 23.5 Å². The second-order valence-corrected chi connectivity index (χ2v) is 21.9. The van der Waals surface area contributed by atoms with Crippen molar-refractivity contribution in [3.63, 3.8) is 0 Å². The molecule has 3 atom stereocenters. The third-order valence-electron chi connectivity index (χ3n) is 15.2. The van der Waals surface area contributed by atoms with Gasteiger partial charge < -0.3 is 54.6 Å². The number of aromatic nitrogens is 4. The van der Waals surface area contributed by atoms with E-state index in [-0.39, 0.29) is 54.3 Å². The largest absolute Gasteiger partial charge is 0.491 e. The van der Waals surface area contributed by atoms with Gasteiger partial charge in [0, 0.05) is 53.2 Å². The molecule has 1 saturated heterocycles. The predicted octanol–water partition coefficient (Wildman–Crippen LogP) is 8.64. The van der Waals surface area contributed by atoms with E-state index in [1.54, 1.807) is 83.8 Å². The lowest BCUT2D eigenvalue weighted by Gasteiger charge is -2.35. The molecule has 3 aromatic heterocycles. The fourth-order valence-electron chi connectivity index (χ4n) is 10.6. The Hall–Kier alpha value is -7.28. The normalized spacial score (nSPS) is 16.1. The zero-order valence-electron chi connectivity index (χ0n) is 47.3. The molecule has 0 spiro atoms. The Morgan fingerprint density at radius 2 is 1.54 bits per heavy atom. The minimum Gasteiger partial charge on any atom is -0.491 e. The van der Waals surface area contributed by atoms with Gasteiger partial charge in [-0.25, -0.2) is 9.97 Å². The van der Waals surface area contributed by atoms with E-state index in [0.29, 0.717) is 119 Å². The first-order valence-electron chi connectivity index (χ1n) is 28.6. The molecular weight excluding hydrogens is 1110 g/mol. The summed E-state index contributed by atoms with van der Waals surface area (Å²) in [7, 11) is 1.73. The van der Waals surface area contributed by atoms with Crippen LogP contribution in [0.3, 0.4) is 0 Å². The van der Waals surface area contributed by atoms with E-state index in [1.807, 2.05) is 17.2 Å². The van der Waals surface area contributed by atoms with Crippen molar-refractivity contribution in [1.82, 2.24) is 35.3 Å². The number of likely N-dealkylation sites (tertiary alicyclic amines) is 1. The second kappa shape index (κ2) is 29.5. The van der Waals surface area contributed by atoms with Gasteiger partial charge in [-0.3, -0.25) is 23.9 Å². The van der Waals surface area contributed by atoms with Crippen molar-refractivity contribution in [3.8, 4) is 28.4 Å². The van der Waals surface area contributed by atoms with E-state index < -0.39 is 23.8 Å². The average molecular weight is 1180 g/mol. The molecule has 3 aromatic carbocycles. The first kappa shape index (κ1) is 61.3. The summed E-state index contributed by atoms with van der Waals surface area (Å²) in [6, 6.07) is 17.6. The number of likely N-dealkylation sites (N-methyl/N-ethyl adjacent to an activating group) is 1. The molecule has 4 N–H and O–H groups in total. The van der Waals surface area contributed by atoms with Crippen LogP contribution in [0.5, 0.6) is 17.2 Å². The number of nitrogens with two attached hydrogens (primary N) is 1. The Balaban J connectivity index is 0.616. The van der Waals surface area contributed by atoms with Crippen LogP contribution in [0.15, 0.2) is 96.8 Å². The summed E-state index contributed by atoms with van der Waals surface area (Å²) in [5.41, 5.74) is 9.55. The van der Waals surface area contributed by atoms with Gasteiger partial charge in [-0.1, -0.05) is 49.6 Å². The van der Waals surface area contributed by atoms with Gasteiger partial charge in [-0.15, -0.1) is 11.3 Å². The Morgan fingerprint density at radius 3 is 2.29 bits per heavy atom. The fraction of sp³-hybridized carbons (Fsp3) is 0.459. The second-order valence-electron chi connectivity index (χ2n) is 21.0. The lowest BCUT2D eigenvalue weighted by Crippen LogP contribution is -2.55. The van der Waals surface area contributed by atoms with E-state index in [4.69, 9.17) is 39.1 Å². The topological polar surface area (TPSA) is 224 Å². The van der Waals surface area contributed by atoms with Crippen LogP contribution in [0.1, 0.15) is 95.7 Å². The van der Waals surface area contributed by atoms with Crippen LogP contribution in [0.25, 0.3) is 11.1 Å². The number of pyridine rings is 1. The van der Waals surface area contributed by atoms with Gasteiger partial charge >= 0.3 is 6.18 Å². The number of thiazole rings is 1. The molecule has 84 heavy (non-hydrogen) atoms. The molecule has 2 aliphatic heterocycles. The van der Waals surface area contributed by atoms with E-state index >= 15 is 0 Å². The van der Waals surface area contributed by atoms with Crippen molar-refractivity contribution < 1.29 is 60.8 Å². The summed E-state index contributed by atoms with van der Waals surface area (Å²) in [4.78, 5) is 66.6. The van der Waals surface area contributed by atoms with Crippen molar-refractivity contribution in [2.75, 3.05) is 90.2 Å². The fourth-order valence-corrected chi connectivity index (χ4v) is 11.5. The van der Waals surface area contributed by atoms with Gasteiger partial charge in [0.15, 0.2) is 11.6 Å². The van der Waals surface area contributed by atoms with Crippen molar-refractivity contribution in [2.24, 2.45) is 5.92 Å². The molecule has 448 valence electrons. The van der Waals surface area contributed by atoms with Crippen LogP contribution in [-0.2, 0) is 58.9 Å². The smallest absolute Gasteiger partial charge is 0.416 e. The number of nitrogens with one attached hydrogen (secondary N) is 2. The zero-order valence-corrected chi connectivity index (χ0v) is 48.1. The highest BCUT2D eigenvalue weighted by molar-refractivity contribution is 7.10. The quantitative estimate of drug-likeness (QED) is 0.0295. The molecule has 23 heteroatoms. The summed E-state index contributed by atoms with van der Waals surface area (Å²) in [5.74, 6) is 0.853. The molecule has 1 saturated carbocycles. The molecule has 9 rings (SSSR count). The van der Waals surface area contributed by atoms with Crippen molar-refractivity contribution >= 4 is 46.3 Å². The molecule has 5 heterocycles. The summed E-state index contributed by atoms with van der Waals surface area (Å²) in [6.07, 6.45) is 7.72. The van der Waals surface area contributed by atoms with Crippen LogP contribution in [0.2, 0.25) is 0 Å². The van der Waals surface area contributed by atoms with E-state index in [9.17, 15) is 32.3 Å². The lowest BCUT2D eigenvalue weighted by molar-refractivity contribution is -0.139. The van der Waals surface area contributed by atoms with Crippen LogP contribution in [0.4, 0.5) is 24.7 Å². The van der Waals surface area contributed by atoms with E-state index in [2.05, 4.69) is 20.7 Å². The molecule has 0 unspecified atom stereocenters. The summed E-state index contributed by atoms with van der Waals surface area (Å²) < 4.78 is 76.3. The summed E-state index contributed by atoms with van der Waals surface area (Å²) >= 11 is 1.38. The SMILES string of the molecule is CN[C@@H](C)C(=O)N[C@H](C(=O)N1CCC[C@H]1c1nc(C(=O)c2cccc(OCCOCCOCCOCCOCCn3cc(-c4cnc(N)c(Oc5ccc6c(c5)CCN6C(=O)Cc5cccc(C(F)(F)F)c5)c4)cn3)c2)cs1)C1CCCCC1. The Kier molecular flexibility index (Phi) is 21.5.